The van der Waals surface area contributed by atoms with Gasteiger partial charge in [-0.3, -0.25) is 0 Å². The first kappa shape index (κ1) is 30.2. The average molecular weight is 677 g/mol. The molecule has 0 N–H and O–H groups in total. The third-order valence-electron chi connectivity index (χ3n) is 11.5. The fraction of sp³-hybridized carbons (Fsp3) is 0.0769. The third kappa shape index (κ3) is 4.44. The summed E-state index contributed by atoms with van der Waals surface area (Å²) in [6.07, 6.45) is 0. The van der Waals surface area contributed by atoms with Gasteiger partial charge >= 0.3 is 0 Å². The van der Waals surface area contributed by atoms with Crippen molar-refractivity contribution in [2.75, 3.05) is 0 Å². The molecule has 11 rings (SSSR count). The van der Waals surface area contributed by atoms with Crippen molar-refractivity contribution in [3.05, 3.63) is 169 Å². The topological polar surface area (TPSA) is 9.23 Å². The summed E-state index contributed by atoms with van der Waals surface area (Å²) in [6.45, 7) is 6.97. The van der Waals surface area contributed by atoms with Crippen LogP contribution in [0.5, 0.6) is 11.5 Å². The van der Waals surface area contributed by atoms with Crippen molar-refractivity contribution in [3.8, 4) is 44.9 Å². The molecule has 53 heavy (non-hydrogen) atoms. The van der Waals surface area contributed by atoms with Gasteiger partial charge < -0.3 is 4.74 Å². The molecule has 0 saturated carbocycles. The fourth-order valence-corrected chi connectivity index (χ4v) is 9.27. The van der Waals surface area contributed by atoms with E-state index in [2.05, 4.69) is 185 Å². The molecule has 0 aliphatic carbocycles. The van der Waals surface area contributed by atoms with Crippen LogP contribution in [-0.4, -0.2) is 0 Å². The molecule has 250 valence electrons. The van der Waals surface area contributed by atoms with Crippen LogP contribution in [0.15, 0.2) is 164 Å². The zero-order valence-electron chi connectivity index (χ0n) is 30.0. The molecule has 0 spiro atoms. The highest BCUT2D eigenvalue weighted by Gasteiger charge is 2.26. The molecule has 10 aromatic rings. The second-order valence-corrected chi connectivity index (χ2v) is 15.6. The predicted molar refractivity (Wildman–Crippen MR) is 227 cm³/mol. The van der Waals surface area contributed by atoms with Gasteiger partial charge in [0, 0.05) is 10.9 Å². The Morgan fingerprint density at radius 2 is 0.943 bits per heavy atom. The van der Waals surface area contributed by atoms with Crippen LogP contribution in [0.4, 0.5) is 0 Å². The Labute approximate surface area is 308 Å². The summed E-state index contributed by atoms with van der Waals surface area (Å²) in [5.74, 6) is 1.80. The maximum absolute atomic E-state index is 6.91. The largest absolute Gasteiger partial charge is 0.456 e. The fourth-order valence-electron chi connectivity index (χ4n) is 9.27. The Bertz CT molecular complexity index is 3120. The van der Waals surface area contributed by atoms with Gasteiger partial charge in [0.05, 0.1) is 0 Å². The number of hydrogen-bond donors (Lipinski definition) is 0. The molecule has 0 radical (unpaired) electrons. The summed E-state index contributed by atoms with van der Waals surface area (Å²) >= 11 is 0. The summed E-state index contributed by atoms with van der Waals surface area (Å²) < 4.78 is 6.91. The summed E-state index contributed by atoms with van der Waals surface area (Å²) in [6, 6.07) is 60.4. The molecule has 1 aliphatic heterocycles. The highest BCUT2D eigenvalue weighted by atomic mass is 16.5. The van der Waals surface area contributed by atoms with Gasteiger partial charge in [-0.05, 0) is 134 Å². The van der Waals surface area contributed by atoms with Gasteiger partial charge in [-0.2, -0.15) is 0 Å². The van der Waals surface area contributed by atoms with E-state index in [-0.39, 0.29) is 5.41 Å². The van der Waals surface area contributed by atoms with Crippen LogP contribution < -0.4 is 4.74 Å². The molecule has 1 nitrogen and oxygen atoms in total. The van der Waals surface area contributed by atoms with E-state index in [1.165, 1.54) is 98.0 Å². The van der Waals surface area contributed by atoms with Gasteiger partial charge in [-0.15, -0.1) is 0 Å². The van der Waals surface area contributed by atoms with Crippen LogP contribution in [0.1, 0.15) is 26.3 Å². The molecule has 1 heterocycles. The molecule has 0 bridgehead atoms. The van der Waals surface area contributed by atoms with E-state index in [1.807, 2.05) is 0 Å². The van der Waals surface area contributed by atoms with Gasteiger partial charge in [0.15, 0.2) is 0 Å². The standard InChI is InChI=1S/C52H36O/c1-52(2,3)51-41-19-10-8-17-38(41)49(39-18-9-11-20-42(39)51)34-25-26-37-46-30-44-36-16-7-6-15-35(36)43(33-24-23-31-13-4-5-14-32(31)27-33)29-45(44)40-21-12-22-47(50(40)46)53-48(37)28-34/h4-30H,1-3H3. The van der Waals surface area contributed by atoms with Crippen LogP contribution in [0.3, 0.4) is 0 Å². The number of rotatable bonds is 2. The molecule has 0 saturated heterocycles. The maximum Gasteiger partial charge on any atom is 0.135 e. The number of fused-ring (bicyclic) bond motifs is 9. The van der Waals surface area contributed by atoms with Crippen molar-refractivity contribution in [3.63, 3.8) is 0 Å². The summed E-state index contributed by atoms with van der Waals surface area (Å²) in [7, 11) is 0. The lowest BCUT2D eigenvalue weighted by atomic mass is 9.78. The molecule has 0 aromatic heterocycles. The summed E-state index contributed by atoms with van der Waals surface area (Å²) in [4.78, 5) is 0. The predicted octanol–water partition coefficient (Wildman–Crippen LogP) is 15.0. The molecular weight excluding hydrogens is 641 g/mol. The zero-order valence-corrected chi connectivity index (χ0v) is 30.0. The normalized spacial score (nSPS) is 12.6. The Morgan fingerprint density at radius 3 is 1.68 bits per heavy atom. The van der Waals surface area contributed by atoms with Crippen molar-refractivity contribution in [1.82, 2.24) is 0 Å². The number of ether oxygens (including phenoxy) is 1. The first-order valence-corrected chi connectivity index (χ1v) is 18.6. The lowest BCUT2D eigenvalue weighted by Gasteiger charge is -2.27. The molecule has 1 heteroatoms. The van der Waals surface area contributed by atoms with Crippen LogP contribution in [0.25, 0.3) is 98.0 Å². The summed E-state index contributed by atoms with van der Waals surface area (Å²) in [5, 5.41) is 15.1. The molecule has 0 atom stereocenters. The van der Waals surface area contributed by atoms with Crippen LogP contribution >= 0.6 is 0 Å². The zero-order chi connectivity index (χ0) is 35.4. The van der Waals surface area contributed by atoms with Crippen molar-refractivity contribution < 1.29 is 4.74 Å². The Balaban J connectivity index is 1.16. The Morgan fingerprint density at radius 1 is 0.358 bits per heavy atom. The smallest absolute Gasteiger partial charge is 0.135 e. The van der Waals surface area contributed by atoms with Crippen LogP contribution in [0, 0.1) is 0 Å². The van der Waals surface area contributed by atoms with Crippen molar-refractivity contribution in [1.29, 1.82) is 0 Å². The van der Waals surface area contributed by atoms with E-state index in [0.717, 1.165) is 17.1 Å². The summed E-state index contributed by atoms with van der Waals surface area (Å²) in [5.41, 5.74) is 8.63. The van der Waals surface area contributed by atoms with Crippen molar-refractivity contribution >= 4 is 64.6 Å². The third-order valence-corrected chi connectivity index (χ3v) is 11.5. The molecule has 0 amide bonds. The number of hydrogen-bond acceptors (Lipinski definition) is 1. The second kappa shape index (κ2) is 11.0. The first-order chi connectivity index (χ1) is 25.9. The minimum absolute atomic E-state index is 0.0116. The van der Waals surface area contributed by atoms with Gasteiger partial charge in [0.2, 0.25) is 0 Å². The number of benzene rings is 10. The highest BCUT2D eigenvalue weighted by molar-refractivity contribution is 6.25. The maximum atomic E-state index is 6.91. The molecular formula is C52H36O. The first-order valence-electron chi connectivity index (χ1n) is 18.6. The van der Waals surface area contributed by atoms with E-state index in [4.69, 9.17) is 4.74 Å². The molecule has 0 unspecified atom stereocenters. The Kier molecular flexibility index (Phi) is 6.29. The van der Waals surface area contributed by atoms with Crippen LogP contribution in [-0.2, 0) is 5.41 Å². The van der Waals surface area contributed by atoms with E-state index in [0.29, 0.717) is 0 Å². The Hall–Kier alpha value is -6.44. The average Bonchev–Trinajstić information content (AvgIpc) is 3.18. The minimum Gasteiger partial charge on any atom is -0.456 e. The van der Waals surface area contributed by atoms with E-state index < -0.39 is 0 Å². The van der Waals surface area contributed by atoms with Gasteiger partial charge in [0.1, 0.15) is 11.5 Å². The second-order valence-electron chi connectivity index (χ2n) is 15.6. The van der Waals surface area contributed by atoms with Gasteiger partial charge in [-0.1, -0.05) is 148 Å². The quantitative estimate of drug-likeness (QED) is 0.131. The molecule has 1 aliphatic rings. The lowest BCUT2D eigenvalue weighted by Crippen LogP contribution is -2.13. The van der Waals surface area contributed by atoms with E-state index in [9.17, 15) is 0 Å². The molecule has 10 aromatic carbocycles. The van der Waals surface area contributed by atoms with E-state index >= 15 is 0 Å². The van der Waals surface area contributed by atoms with E-state index in [1.54, 1.807) is 0 Å². The van der Waals surface area contributed by atoms with Crippen molar-refractivity contribution in [2.45, 2.75) is 26.2 Å². The van der Waals surface area contributed by atoms with Crippen LogP contribution in [0.2, 0.25) is 0 Å². The van der Waals surface area contributed by atoms with Gasteiger partial charge in [-0.25, -0.2) is 0 Å². The SMILES string of the molecule is CC(C)(C)c1c2ccccc2c(-c2ccc3c(c2)Oc2cccc4c2c-3cc2c3ccccc3c(-c3ccc5ccccc5c3)cc42)c2ccccc12. The highest BCUT2D eigenvalue weighted by Crippen LogP contribution is 2.52. The monoisotopic (exact) mass is 676 g/mol. The minimum atomic E-state index is -0.0116. The van der Waals surface area contributed by atoms with Gasteiger partial charge in [0.25, 0.3) is 0 Å². The molecule has 0 fully saturated rings. The van der Waals surface area contributed by atoms with Crippen molar-refractivity contribution in [2.24, 2.45) is 0 Å². The lowest BCUT2D eigenvalue weighted by molar-refractivity contribution is 0.487.